The Hall–Kier alpha value is -3.12. The molecule has 0 aliphatic rings. The molecule has 1 aromatic heterocycles. The molecule has 3 heteroatoms. The van der Waals surface area contributed by atoms with E-state index in [0.29, 0.717) is 11.3 Å². The van der Waals surface area contributed by atoms with Crippen molar-refractivity contribution >= 4 is 22.6 Å². The van der Waals surface area contributed by atoms with Crippen LogP contribution < -0.4 is 0 Å². The smallest absolute Gasteiger partial charge is 0.115 e. The SMILES string of the molecule is N#CC(=Cc1ccc(O)cc1)c1ccc2ccccc2n1. The van der Waals surface area contributed by atoms with Gasteiger partial charge in [0.25, 0.3) is 0 Å². The molecule has 0 radical (unpaired) electrons. The maximum absolute atomic E-state index is 9.36. The van der Waals surface area contributed by atoms with Crippen molar-refractivity contribution in [3.05, 3.63) is 71.9 Å². The molecule has 3 nitrogen and oxygen atoms in total. The van der Waals surface area contributed by atoms with Crippen LogP contribution in [0.3, 0.4) is 0 Å². The van der Waals surface area contributed by atoms with E-state index in [9.17, 15) is 10.4 Å². The van der Waals surface area contributed by atoms with Gasteiger partial charge in [0.2, 0.25) is 0 Å². The molecule has 21 heavy (non-hydrogen) atoms. The number of hydrogen-bond donors (Lipinski definition) is 1. The molecule has 2 aromatic carbocycles. The summed E-state index contributed by atoms with van der Waals surface area (Å²) in [6, 6.07) is 20.5. The molecule has 0 unspecified atom stereocenters. The van der Waals surface area contributed by atoms with E-state index in [1.54, 1.807) is 30.3 Å². The van der Waals surface area contributed by atoms with Crippen molar-refractivity contribution < 1.29 is 5.11 Å². The molecule has 1 heterocycles. The number of allylic oxidation sites excluding steroid dienone is 1. The van der Waals surface area contributed by atoms with Crippen LogP contribution in [0.25, 0.3) is 22.6 Å². The van der Waals surface area contributed by atoms with Crippen molar-refractivity contribution in [1.82, 2.24) is 4.98 Å². The summed E-state index contributed by atoms with van der Waals surface area (Å²) < 4.78 is 0. The highest BCUT2D eigenvalue weighted by molar-refractivity contribution is 5.90. The van der Waals surface area contributed by atoms with Gasteiger partial charge in [0.1, 0.15) is 11.8 Å². The number of pyridine rings is 1. The molecule has 0 aliphatic heterocycles. The minimum absolute atomic E-state index is 0.203. The van der Waals surface area contributed by atoms with Crippen LogP contribution >= 0.6 is 0 Å². The van der Waals surface area contributed by atoms with Crippen molar-refractivity contribution in [3.63, 3.8) is 0 Å². The van der Waals surface area contributed by atoms with Crippen molar-refractivity contribution in [2.24, 2.45) is 0 Å². The van der Waals surface area contributed by atoms with Crippen molar-refractivity contribution in [3.8, 4) is 11.8 Å². The first-order valence-corrected chi connectivity index (χ1v) is 6.53. The quantitative estimate of drug-likeness (QED) is 0.717. The highest BCUT2D eigenvalue weighted by Gasteiger charge is 2.04. The molecule has 3 rings (SSSR count). The molecular formula is C18H12N2O. The van der Waals surface area contributed by atoms with Gasteiger partial charge in [-0.2, -0.15) is 5.26 Å². The first kappa shape index (κ1) is 12.9. The molecule has 0 spiro atoms. The number of phenols is 1. The summed E-state index contributed by atoms with van der Waals surface area (Å²) in [7, 11) is 0. The summed E-state index contributed by atoms with van der Waals surface area (Å²) in [4.78, 5) is 4.52. The second-order valence-electron chi connectivity index (χ2n) is 4.65. The van der Waals surface area contributed by atoms with E-state index in [4.69, 9.17) is 0 Å². The second-order valence-corrected chi connectivity index (χ2v) is 4.65. The van der Waals surface area contributed by atoms with E-state index >= 15 is 0 Å². The number of rotatable bonds is 2. The molecule has 3 aromatic rings. The lowest BCUT2D eigenvalue weighted by Crippen LogP contribution is -1.88. The summed E-state index contributed by atoms with van der Waals surface area (Å²) in [5, 5.41) is 19.7. The summed E-state index contributed by atoms with van der Waals surface area (Å²) in [5.74, 6) is 0.203. The Kier molecular flexibility index (Phi) is 3.36. The predicted octanol–water partition coefficient (Wildman–Crippen LogP) is 4.00. The topological polar surface area (TPSA) is 56.9 Å². The van der Waals surface area contributed by atoms with Gasteiger partial charge in [0.05, 0.1) is 16.8 Å². The van der Waals surface area contributed by atoms with Gasteiger partial charge < -0.3 is 5.11 Å². The highest BCUT2D eigenvalue weighted by Crippen LogP contribution is 2.20. The zero-order valence-corrected chi connectivity index (χ0v) is 11.2. The standard InChI is InChI=1S/C18H12N2O/c19-12-15(11-13-5-8-16(21)9-6-13)18-10-7-14-3-1-2-4-17(14)20-18/h1-11,21H. The average molecular weight is 272 g/mol. The summed E-state index contributed by atoms with van der Waals surface area (Å²) in [6.45, 7) is 0. The van der Waals surface area contributed by atoms with Crippen LogP contribution in [0.15, 0.2) is 60.7 Å². The lowest BCUT2D eigenvalue weighted by atomic mass is 10.1. The summed E-state index contributed by atoms with van der Waals surface area (Å²) >= 11 is 0. The fraction of sp³-hybridized carbons (Fsp3) is 0. The molecule has 0 saturated carbocycles. The number of phenolic OH excluding ortho intramolecular Hbond substituents is 1. The van der Waals surface area contributed by atoms with Crippen LogP contribution in [0.2, 0.25) is 0 Å². The van der Waals surface area contributed by atoms with Crippen LogP contribution in [0.4, 0.5) is 0 Å². The maximum atomic E-state index is 9.36. The fourth-order valence-electron chi connectivity index (χ4n) is 2.12. The molecule has 1 N–H and O–H groups in total. The van der Waals surface area contributed by atoms with Crippen molar-refractivity contribution in [2.45, 2.75) is 0 Å². The number of aromatic nitrogens is 1. The average Bonchev–Trinajstić information content (AvgIpc) is 2.54. The molecule has 0 amide bonds. The third-order valence-corrected chi connectivity index (χ3v) is 3.20. The van der Waals surface area contributed by atoms with Gasteiger partial charge in [-0.05, 0) is 35.9 Å². The molecular weight excluding hydrogens is 260 g/mol. The highest BCUT2D eigenvalue weighted by atomic mass is 16.3. The van der Waals surface area contributed by atoms with E-state index in [2.05, 4.69) is 11.1 Å². The van der Waals surface area contributed by atoms with Gasteiger partial charge in [0.15, 0.2) is 0 Å². The first-order chi connectivity index (χ1) is 10.3. The number of nitrogens with zero attached hydrogens (tertiary/aromatic N) is 2. The Morgan fingerprint density at radius 3 is 2.52 bits per heavy atom. The Morgan fingerprint density at radius 2 is 1.76 bits per heavy atom. The summed E-state index contributed by atoms with van der Waals surface area (Å²) in [6.07, 6.45) is 1.76. The van der Waals surface area contributed by atoms with Crippen LogP contribution in [0, 0.1) is 11.3 Å². The van der Waals surface area contributed by atoms with Gasteiger partial charge in [-0.25, -0.2) is 4.98 Å². The minimum Gasteiger partial charge on any atom is -0.508 e. The molecule has 100 valence electrons. The van der Waals surface area contributed by atoms with E-state index in [1.165, 1.54) is 0 Å². The number of nitriles is 1. The number of fused-ring (bicyclic) bond motifs is 1. The zero-order valence-electron chi connectivity index (χ0n) is 11.2. The van der Waals surface area contributed by atoms with E-state index in [0.717, 1.165) is 16.5 Å². The van der Waals surface area contributed by atoms with Crippen LogP contribution in [0.5, 0.6) is 5.75 Å². The molecule has 0 bridgehead atoms. The largest absolute Gasteiger partial charge is 0.508 e. The van der Waals surface area contributed by atoms with Gasteiger partial charge in [-0.3, -0.25) is 0 Å². The summed E-state index contributed by atoms with van der Waals surface area (Å²) in [5.41, 5.74) is 2.84. The molecule has 0 saturated heterocycles. The third-order valence-electron chi connectivity index (χ3n) is 3.20. The van der Waals surface area contributed by atoms with Gasteiger partial charge in [0, 0.05) is 5.39 Å². The van der Waals surface area contributed by atoms with Gasteiger partial charge >= 0.3 is 0 Å². The van der Waals surface area contributed by atoms with Crippen LogP contribution in [-0.4, -0.2) is 10.1 Å². The van der Waals surface area contributed by atoms with Crippen molar-refractivity contribution in [1.29, 1.82) is 5.26 Å². The monoisotopic (exact) mass is 272 g/mol. The third kappa shape index (κ3) is 2.75. The second kappa shape index (κ2) is 5.48. The lowest BCUT2D eigenvalue weighted by molar-refractivity contribution is 0.475. The van der Waals surface area contributed by atoms with E-state index in [1.807, 2.05) is 36.4 Å². The fourth-order valence-corrected chi connectivity index (χ4v) is 2.12. The predicted molar refractivity (Wildman–Crippen MR) is 83.3 cm³/mol. The molecule has 0 aliphatic carbocycles. The molecule has 0 fully saturated rings. The van der Waals surface area contributed by atoms with Gasteiger partial charge in [-0.15, -0.1) is 0 Å². The van der Waals surface area contributed by atoms with E-state index < -0.39 is 0 Å². The first-order valence-electron chi connectivity index (χ1n) is 6.53. The zero-order chi connectivity index (χ0) is 14.7. The minimum atomic E-state index is 0.203. The number of benzene rings is 2. The Bertz CT molecular complexity index is 858. The maximum Gasteiger partial charge on any atom is 0.115 e. The molecule has 0 atom stereocenters. The Balaban J connectivity index is 2.05. The van der Waals surface area contributed by atoms with Crippen LogP contribution in [-0.2, 0) is 0 Å². The van der Waals surface area contributed by atoms with Crippen LogP contribution in [0.1, 0.15) is 11.3 Å². The normalized spacial score (nSPS) is 11.3. The number of para-hydroxylation sites is 1. The number of hydrogen-bond acceptors (Lipinski definition) is 3. The van der Waals surface area contributed by atoms with Crippen molar-refractivity contribution in [2.75, 3.05) is 0 Å². The Morgan fingerprint density at radius 1 is 1.00 bits per heavy atom. The lowest BCUT2D eigenvalue weighted by Gasteiger charge is -2.02. The number of aromatic hydroxyl groups is 1. The van der Waals surface area contributed by atoms with E-state index in [-0.39, 0.29) is 5.75 Å². The Labute approximate surface area is 122 Å². The van der Waals surface area contributed by atoms with Gasteiger partial charge in [-0.1, -0.05) is 36.4 Å².